The lowest BCUT2D eigenvalue weighted by molar-refractivity contribution is 0.235. The zero-order valence-electron chi connectivity index (χ0n) is 8.83. The molecule has 1 aromatic carbocycles. The number of rotatable bonds is 2. The van der Waals surface area contributed by atoms with Crippen LogP contribution in [-0.4, -0.2) is 20.6 Å². The topological polar surface area (TPSA) is 94.2 Å². The summed E-state index contributed by atoms with van der Waals surface area (Å²) in [4.78, 5) is 4.01. The highest BCUT2D eigenvalue weighted by Crippen LogP contribution is 2.17. The molecular weight excluding hydrogens is 257 g/mol. The Hall–Kier alpha value is -2.37. The van der Waals surface area contributed by atoms with Crippen LogP contribution in [-0.2, 0) is 0 Å². The van der Waals surface area contributed by atoms with Crippen molar-refractivity contribution in [2.75, 3.05) is 0 Å². The van der Waals surface area contributed by atoms with Gasteiger partial charge in [-0.1, -0.05) is 4.49 Å². The number of aromatic nitrogens is 2. The summed E-state index contributed by atoms with van der Waals surface area (Å²) in [6, 6.07) is 5.49. The molecule has 2 rings (SSSR count). The van der Waals surface area contributed by atoms with E-state index in [0.29, 0.717) is 11.4 Å². The minimum Gasteiger partial charge on any atom is -0.290 e. The standard InChI is InChI=1S/C10H6FN5OS/c11-8-2-1-7(3-6(8)4-12)13-10(15-17)9-5-18-16-14-9/h1-3,5,17H,(H,13,15). The van der Waals surface area contributed by atoms with Gasteiger partial charge < -0.3 is 0 Å². The normalized spacial score (nSPS) is 11.1. The molecule has 0 saturated carbocycles. The van der Waals surface area contributed by atoms with Crippen LogP contribution in [0.2, 0.25) is 0 Å². The molecule has 0 bridgehead atoms. The third kappa shape index (κ3) is 2.48. The number of hydroxylamine groups is 1. The summed E-state index contributed by atoms with van der Waals surface area (Å²) in [5, 5.41) is 23.0. The quantitative estimate of drug-likeness (QED) is 0.487. The van der Waals surface area contributed by atoms with Crippen molar-refractivity contribution in [2.45, 2.75) is 0 Å². The van der Waals surface area contributed by atoms with Crippen molar-refractivity contribution in [1.29, 1.82) is 5.26 Å². The van der Waals surface area contributed by atoms with Crippen LogP contribution in [0.5, 0.6) is 0 Å². The molecule has 0 spiro atoms. The third-order valence-corrected chi connectivity index (χ3v) is 2.52. The van der Waals surface area contributed by atoms with E-state index in [1.165, 1.54) is 12.1 Å². The number of benzene rings is 1. The Morgan fingerprint density at radius 2 is 2.39 bits per heavy atom. The van der Waals surface area contributed by atoms with Crippen LogP contribution in [0.4, 0.5) is 10.1 Å². The van der Waals surface area contributed by atoms with Gasteiger partial charge in [0, 0.05) is 5.38 Å². The molecule has 0 unspecified atom stereocenters. The van der Waals surface area contributed by atoms with Gasteiger partial charge in [0.2, 0.25) is 0 Å². The van der Waals surface area contributed by atoms with E-state index in [2.05, 4.69) is 14.6 Å². The van der Waals surface area contributed by atoms with Crippen LogP contribution in [0.25, 0.3) is 0 Å². The number of aliphatic imine (C=N–C) groups is 1. The molecule has 0 radical (unpaired) electrons. The summed E-state index contributed by atoms with van der Waals surface area (Å²) in [7, 11) is 0. The number of halogens is 1. The summed E-state index contributed by atoms with van der Waals surface area (Å²) in [6.07, 6.45) is 0. The molecule has 2 N–H and O–H groups in total. The first kappa shape index (κ1) is 12.1. The number of hydrogen-bond donors (Lipinski definition) is 2. The van der Waals surface area contributed by atoms with Crippen LogP contribution in [0.1, 0.15) is 11.3 Å². The van der Waals surface area contributed by atoms with Crippen LogP contribution < -0.4 is 5.48 Å². The SMILES string of the molecule is N#Cc1cc(N=C(NO)c2csnn2)ccc1F. The van der Waals surface area contributed by atoms with Crippen LogP contribution in [0.3, 0.4) is 0 Å². The molecule has 8 heteroatoms. The van der Waals surface area contributed by atoms with Gasteiger partial charge in [-0.25, -0.2) is 9.38 Å². The summed E-state index contributed by atoms with van der Waals surface area (Å²) >= 11 is 1.10. The molecule has 0 aliphatic heterocycles. The van der Waals surface area contributed by atoms with Gasteiger partial charge in [-0.05, 0) is 29.7 Å². The van der Waals surface area contributed by atoms with E-state index in [9.17, 15) is 4.39 Å². The van der Waals surface area contributed by atoms with Gasteiger partial charge in [-0.2, -0.15) is 5.26 Å². The number of nitrogens with zero attached hydrogens (tertiary/aromatic N) is 4. The lowest BCUT2D eigenvalue weighted by Gasteiger charge is -2.01. The maximum absolute atomic E-state index is 13.1. The van der Waals surface area contributed by atoms with Crippen LogP contribution in [0.15, 0.2) is 28.6 Å². The van der Waals surface area contributed by atoms with E-state index in [4.69, 9.17) is 10.5 Å². The van der Waals surface area contributed by atoms with E-state index >= 15 is 0 Å². The predicted molar refractivity (Wildman–Crippen MR) is 62.1 cm³/mol. The van der Waals surface area contributed by atoms with Gasteiger partial charge in [-0.15, -0.1) is 5.10 Å². The molecule has 90 valence electrons. The number of nitriles is 1. The van der Waals surface area contributed by atoms with Gasteiger partial charge in [0.05, 0.1) is 11.3 Å². The van der Waals surface area contributed by atoms with Crippen molar-refractivity contribution >= 4 is 23.1 Å². The fourth-order valence-corrected chi connectivity index (χ4v) is 1.65. The van der Waals surface area contributed by atoms with Crippen molar-refractivity contribution in [3.8, 4) is 6.07 Å². The Bertz CT molecular complexity index is 620. The first-order valence-electron chi connectivity index (χ1n) is 4.70. The van der Waals surface area contributed by atoms with Crippen molar-refractivity contribution in [1.82, 2.24) is 15.1 Å². The summed E-state index contributed by atoms with van der Waals surface area (Å²) in [5.41, 5.74) is 2.43. The molecule has 0 aliphatic rings. The summed E-state index contributed by atoms with van der Waals surface area (Å²) < 4.78 is 16.7. The minimum atomic E-state index is -0.620. The summed E-state index contributed by atoms with van der Waals surface area (Å²) in [6.45, 7) is 0. The fourth-order valence-electron chi connectivity index (χ4n) is 1.20. The average molecular weight is 263 g/mol. The Morgan fingerprint density at radius 1 is 1.56 bits per heavy atom. The van der Waals surface area contributed by atoms with Crippen LogP contribution in [0, 0.1) is 17.1 Å². The zero-order chi connectivity index (χ0) is 13.0. The van der Waals surface area contributed by atoms with Crippen molar-refractivity contribution in [3.63, 3.8) is 0 Å². The van der Waals surface area contributed by atoms with Crippen LogP contribution >= 0.6 is 11.5 Å². The molecule has 2 aromatic rings. The Morgan fingerprint density at radius 3 is 3.00 bits per heavy atom. The molecular formula is C10H6FN5OS. The second-order valence-electron chi connectivity index (χ2n) is 3.14. The van der Waals surface area contributed by atoms with Crippen molar-refractivity contribution in [3.05, 3.63) is 40.7 Å². The number of nitrogens with one attached hydrogen (secondary N) is 1. The van der Waals surface area contributed by atoms with Gasteiger partial charge >= 0.3 is 0 Å². The third-order valence-electron chi connectivity index (χ3n) is 2.02. The molecule has 1 heterocycles. The maximum Gasteiger partial charge on any atom is 0.179 e. The fraction of sp³-hybridized carbons (Fsp3) is 0. The first-order valence-corrected chi connectivity index (χ1v) is 5.54. The molecule has 0 aliphatic carbocycles. The lowest BCUT2D eigenvalue weighted by atomic mass is 10.2. The van der Waals surface area contributed by atoms with Gasteiger partial charge in [-0.3, -0.25) is 10.7 Å². The maximum atomic E-state index is 13.1. The highest BCUT2D eigenvalue weighted by molar-refractivity contribution is 7.03. The van der Waals surface area contributed by atoms with Gasteiger partial charge in [0.1, 0.15) is 17.6 Å². The Labute approximate surface area is 105 Å². The first-order chi connectivity index (χ1) is 8.74. The monoisotopic (exact) mass is 263 g/mol. The van der Waals surface area contributed by atoms with E-state index in [0.717, 1.165) is 17.6 Å². The van der Waals surface area contributed by atoms with E-state index in [-0.39, 0.29) is 11.4 Å². The zero-order valence-corrected chi connectivity index (χ0v) is 9.65. The molecule has 0 amide bonds. The molecule has 0 atom stereocenters. The van der Waals surface area contributed by atoms with Gasteiger partial charge in [0.15, 0.2) is 5.84 Å². The van der Waals surface area contributed by atoms with E-state index in [1.54, 1.807) is 11.4 Å². The Kier molecular flexibility index (Phi) is 3.57. The predicted octanol–water partition coefficient (Wildman–Crippen LogP) is 1.61. The largest absolute Gasteiger partial charge is 0.290 e. The highest BCUT2D eigenvalue weighted by atomic mass is 32.1. The molecule has 6 nitrogen and oxygen atoms in total. The number of hydrogen-bond acceptors (Lipinski definition) is 6. The van der Waals surface area contributed by atoms with Crippen molar-refractivity contribution < 1.29 is 9.60 Å². The minimum absolute atomic E-state index is 0.0687. The van der Waals surface area contributed by atoms with E-state index < -0.39 is 5.82 Å². The lowest BCUT2D eigenvalue weighted by Crippen LogP contribution is -2.20. The second-order valence-corrected chi connectivity index (χ2v) is 3.75. The van der Waals surface area contributed by atoms with Gasteiger partial charge in [0.25, 0.3) is 0 Å². The number of amidine groups is 1. The molecule has 1 aromatic heterocycles. The Balaban J connectivity index is 2.40. The smallest absolute Gasteiger partial charge is 0.179 e. The second kappa shape index (κ2) is 5.31. The molecule has 0 saturated heterocycles. The average Bonchev–Trinajstić information content (AvgIpc) is 2.91. The van der Waals surface area contributed by atoms with Crippen molar-refractivity contribution in [2.24, 2.45) is 4.99 Å². The molecule has 18 heavy (non-hydrogen) atoms. The summed E-state index contributed by atoms with van der Waals surface area (Å²) in [5.74, 6) is -0.551. The highest BCUT2D eigenvalue weighted by Gasteiger charge is 2.07. The molecule has 0 fully saturated rings. The van der Waals surface area contributed by atoms with E-state index in [1.807, 2.05) is 5.48 Å².